The van der Waals surface area contributed by atoms with E-state index in [1.165, 1.54) is 17.3 Å². The summed E-state index contributed by atoms with van der Waals surface area (Å²) >= 11 is 0. The Hall–Kier alpha value is -2.37. The lowest BCUT2D eigenvalue weighted by atomic mass is 10.2. The summed E-state index contributed by atoms with van der Waals surface area (Å²) in [7, 11) is 0. The Morgan fingerprint density at radius 3 is 2.76 bits per heavy atom. The molecule has 1 amide bonds. The van der Waals surface area contributed by atoms with Gasteiger partial charge in [-0.1, -0.05) is 12.1 Å². The van der Waals surface area contributed by atoms with Crippen LogP contribution in [0.3, 0.4) is 0 Å². The summed E-state index contributed by atoms with van der Waals surface area (Å²) < 4.78 is 6.76. The van der Waals surface area contributed by atoms with E-state index in [0.29, 0.717) is 17.9 Å². The van der Waals surface area contributed by atoms with Gasteiger partial charge < -0.3 is 4.74 Å². The molecule has 6 nitrogen and oxygen atoms in total. The topological polar surface area (TPSA) is 69.0 Å². The molecule has 1 aromatic carbocycles. The molecule has 0 fully saturated rings. The molecule has 0 saturated heterocycles. The average Bonchev–Trinajstić information content (AvgIpc) is 2.83. The highest BCUT2D eigenvalue weighted by atomic mass is 16.5. The minimum atomic E-state index is -0.270. The summed E-state index contributed by atoms with van der Waals surface area (Å²) in [6.07, 6.45) is 2.81. The molecule has 17 heavy (non-hydrogen) atoms. The molecule has 88 valence electrons. The van der Waals surface area contributed by atoms with E-state index in [1.54, 1.807) is 18.2 Å². The van der Waals surface area contributed by atoms with Crippen molar-refractivity contribution in [3.63, 3.8) is 0 Å². The summed E-state index contributed by atoms with van der Waals surface area (Å²) in [5.41, 5.74) is 3.08. The zero-order valence-corrected chi connectivity index (χ0v) is 9.33. The lowest BCUT2D eigenvalue weighted by Gasteiger charge is -2.09. The summed E-state index contributed by atoms with van der Waals surface area (Å²) in [4.78, 5) is 11.9. The molecule has 0 aliphatic rings. The number of amides is 1. The van der Waals surface area contributed by atoms with E-state index in [0.717, 1.165) is 0 Å². The first-order valence-electron chi connectivity index (χ1n) is 5.19. The fraction of sp³-hybridized carbons (Fsp3) is 0.182. The number of benzene rings is 1. The number of hydrogen-bond acceptors (Lipinski definition) is 4. The van der Waals surface area contributed by atoms with Gasteiger partial charge in [-0.3, -0.25) is 10.2 Å². The number of rotatable bonds is 4. The molecule has 2 aromatic rings. The molecule has 2 rings (SSSR count). The van der Waals surface area contributed by atoms with Gasteiger partial charge in [0.05, 0.1) is 12.2 Å². The van der Waals surface area contributed by atoms with E-state index in [2.05, 4.69) is 15.6 Å². The Balaban J connectivity index is 2.18. The van der Waals surface area contributed by atoms with Crippen molar-refractivity contribution in [2.24, 2.45) is 0 Å². The Morgan fingerprint density at radius 1 is 1.35 bits per heavy atom. The average molecular weight is 232 g/mol. The third-order valence-electron chi connectivity index (χ3n) is 2.08. The lowest BCUT2D eigenvalue weighted by molar-refractivity contribution is 0.100. The monoisotopic (exact) mass is 232 g/mol. The Bertz CT molecular complexity index is 496. The second-order valence-corrected chi connectivity index (χ2v) is 3.24. The van der Waals surface area contributed by atoms with Crippen molar-refractivity contribution in [2.45, 2.75) is 6.92 Å². The van der Waals surface area contributed by atoms with Gasteiger partial charge in [-0.15, -0.1) is 10.2 Å². The standard InChI is InChI=1S/C11H12N4O2/c1-2-17-10-6-4-3-5-9(10)11(16)14-15-7-12-13-8-15/h3-8H,2H2,1H3,(H,14,16). The summed E-state index contributed by atoms with van der Waals surface area (Å²) in [5.74, 6) is 0.287. The Kier molecular flexibility index (Phi) is 3.34. The van der Waals surface area contributed by atoms with E-state index < -0.39 is 0 Å². The second-order valence-electron chi connectivity index (χ2n) is 3.24. The molecule has 0 aliphatic heterocycles. The molecule has 1 aromatic heterocycles. The van der Waals surface area contributed by atoms with Crippen molar-refractivity contribution in [1.29, 1.82) is 0 Å². The molecule has 0 spiro atoms. The van der Waals surface area contributed by atoms with Gasteiger partial charge in [0.1, 0.15) is 18.4 Å². The molecule has 0 atom stereocenters. The lowest BCUT2D eigenvalue weighted by Crippen LogP contribution is -2.22. The quantitative estimate of drug-likeness (QED) is 0.855. The SMILES string of the molecule is CCOc1ccccc1C(=O)Nn1cnnc1. The van der Waals surface area contributed by atoms with Crippen LogP contribution in [-0.2, 0) is 0 Å². The molecule has 6 heteroatoms. The zero-order chi connectivity index (χ0) is 12.1. The maximum atomic E-state index is 11.9. The predicted molar refractivity (Wildman–Crippen MR) is 61.3 cm³/mol. The van der Waals surface area contributed by atoms with Crippen LogP contribution in [0.25, 0.3) is 0 Å². The second kappa shape index (κ2) is 5.11. The largest absolute Gasteiger partial charge is 0.493 e. The van der Waals surface area contributed by atoms with Gasteiger partial charge in [0.15, 0.2) is 0 Å². The van der Waals surface area contributed by atoms with Crippen LogP contribution in [0.4, 0.5) is 0 Å². The Labute approximate surface area is 98.2 Å². The first-order chi connectivity index (χ1) is 8.31. The van der Waals surface area contributed by atoms with Crippen LogP contribution in [0.1, 0.15) is 17.3 Å². The van der Waals surface area contributed by atoms with Gasteiger partial charge in [-0.05, 0) is 19.1 Å². The minimum Gasteiger partial charge on any atom is -0.493 e. The molecule has 1 N–H and O–H groups in total. The number of para-hydroxylation sites is 1. The van der Waals surface area contributed by atoms with Crippen molar-refractivity contribution in [3.8, 4) is 5.75 Å². The third kappa shape index (κ3) is 2.60. The number of carbonyl (C=O) groups is 1. The predicted octanol–water partition coefficient (Wildman–Crippen LogP) is 1.06. The fourth-order valence-electron chi connectivity index (χ4n) is 1.37. The number of aromatic nitrogens is 3. The molecule has 0 bridgehead atoms. The van der Waals surface area contributed by atoms with Gasteiger partial charge in [0.25, 0.3) is 5.91 Å². The van der Waals surface area contributed by atoms with E-state index in [-0.39, 0.29) is 5.91 Å². The number of carbonyl (C=O) groups excluding carboxylic acids is 1. The molecule has 0 radical (unpaired) electrons. The van der Waals surface area contributed by atoms with Crippen LogP contribution >= 0.6 is 0 Å². The summed E-state index contributed by atoms with van der Waals surface area (Å²) in [5, 5.41) is 7.19. The van der Waals surface area contributed by atoms with Crippen molar-refractivity contribution < 1.29 is 9.53 Å². The van der Waals surface area contributed by atoms with Crippen LogP contribution in [0.15, 0.2) is 36.9 Å². The maximum absolute atomic E-state index is 11.9. The summed E-state index contributed by atoms with van der Waals surface area (Å²) in [6, 6.07) is 7.05. The summed E-state index contributed by atoms with van der Waals surface area (Å²) in [6.45, 7) is 2.38. The molecular formula is C11H12N4O2. The zero-order valence-electron chi connectivity index (χ0n) is 9.33. The third-order valence-corrected chi connectivity index (χ3v) is 2.08. The molecule has 0 saturated carbocycles. The van der Waals surface area contributed by atoms with E-state index in [1.807, 2.05) is 13.0 Å². The van der Waals surface area contributed by atoms with Gasteiger partial charge in [-0.25, -0.2) is 4.68 Å². The van der Waals surface area contributed by atoms with E-state index in [9.17, 15) is 4.79 Å². The van der Waals surface area contributed by atoms with Gasteiger partial charge in [0, 0.05) is 0 Å². The van der Waals surface area contributed by atoms with Crippen LogP contribution in [0.5, 0.6) is 5.75 Å². The fourth-order valence-corrected chi connectivity index (χ4v) is 1.37. The smallest absolute Gasteiger partial charge is 0.273 e. The van der Waals surface area contributed by atoms with Crippen molar-refractivity contribution in [1.82, 2.24) is 14.9 Å². The van der Waals surface area contributed by atoms with Crippen LogP contribution in [0, 0.1) is 0 Å². The van der Waals surface area contributed by atoms with E-state index >= 15 is 0 Å². The highest BCUT2D eigenvalue weighted by molar-refractivity contribution is 6.02. The molecule has 1 heterocycles. The number of hydrogen-bond donors (Lipinski definition) is 1. The van der Waals surface area contributed by atoms with Gasteiger partial charge in [-0.2, -0.15) is 0 Å². The molecular weight excluding hydrogens is 220 g/mol. The number of ether oxygens (including phenoxy) is 1. The highest BCUT2D eigenvalue weighted by Crippen LogP contribution is 2.17. The van der Waals surface area contributed by atoms with E-state index in [4.69, 9.17) is 4.74 Å². The van der Waals surface area contributed by atoms with Gasteiger partial charge in [0.2, 0.25) is 0 Å². The first-order valence-corrected chi connectivity index (χ1v) is 5.19. The minimum absolute atomic E-state index is 0.270. The van der Waals surface area contributed by atoms with Crippen molar-refractivity contribution >= 4 is 5.91 Å². The van der Waals surface area contributed by atoms with Crippen LogP contribution in [0.2, 0.25) is 0 Å². The molecule has 0 unspecified atom stereocenters. The first kappa shape index (κ1) is 11.1. The van der Waals surface area contributed by atoms with Crippen molar-refractivity contribution in [2.75, 3.05) is 12.0 Å². The normalized spacial score (nSPS) is 9.94. The molecule has 0 aliphatic carbocycles. The Morgan fingerprint density at radius 2 is 2.06 bits per heavy atom. The van der Waals surface area contributed by atoms with Crippen LogP contribution < -0.4 is 10.2 Å². The van der Waals surface area contributed by atoms with Crippen molar-refractivity contribution in [3.05, 3.63) is 42.5 Å². The van der Waals surface area contributed by atoms with Crippen LogP contribution in [-0.4, -0.2) is 27.4 Å². The highest BCUT2D eigenvalue weighted by Gasteiger charge is 2.11. The van der Waals surface area contributed by atoms with Gasteiger partial charge >= 0.3 is 0 Å². The maximum Gasteiger partial charge on any atom is 0.273 e. The number of nitrogens with one attached hydrogen (secondary N) is 1. The number of nitrogens with zero attached hydrogens (tertiary/aromatic N) is 3.